The summed E-state index contributed by atoms with van der Waals surface area (Å²) >= 11 is 1.43. The predicted molar refractivity (Wildman–Crippen MR) is 90.9 cm³/mol. The van der Waals surface area contributed by atoms with Crippen LogP contribution in [0.25, 0.3) is 10.3 Å². The van der Waals surface area contributed by atoms with Crippen LogP contribution in [0.15, 0.2) is 22.8 Å². The number of nitrogens with zero attached hydrogens (tertiary/aromatic N) is 4. The van der Waals surface area contributed by atoms with Gasteiger partial charge in [-0.3, -0.25) is 4.79 Å². The summed E-state index contributed by atoms with van der Waals surface area (Å²) in [5, 5.41) is 0.525. The van der Waals surface area contributed by atoms with Crippen LogP contribution in [0.3, 0.4) is 0 Å². The highest BCUT2D eigenvalue weighted by molar-refractivity contribution is 7.21. The third-order valence-corrected chi connectivity index (χ3v) is 5.10. The van der Waals surface area contributed by atoms with Gasteiger partial charge in [-0.05, 0) is 25.0 Å². The van der Waals surface area contributed by atoms with Crippen LogP contribution in [0.4, 0.5) is 5.13 Å². The smallest absolute Gasteiger partial charge is 0.275 e. The Balaban J connectivity index is 1.56. The van der Waals surface area contributed by atoms with Gasteiger partial charge in [-0.25, -0.2) is 15.0 Å². The largest absolute Gasteiger partial charge is 0.448 e. The fourth-order valence-electron chi connectivity index (χ4n) is 3.10. The molecular formula is C16H17N5O2S. The van der Waals surface area contributed by atoms with E-state index < -0.39 is 0 Å². The molecule has 0 spiro atoms. The number of nitrogen functional groups attached to an aromatic ring is 1. The molecule has 1 aliphatic rings. The van der Waals surface area contributed by atoms with Gasteiger partial charge >= 0.3 is 0 Å². The molecule has 1 fully saturated rings. The molecule has 0 bridgehead atoms. The molecule has 8 heteroatoms. The molecule has 0 saturated carbocycles. The fourth-order valence-corrected chi connectivity index (χ4v) is 3.78. The molecule has 1 aliphatic heterocycles. The molecule has 1 amide bonds. The summed E-state index contributed by atoms with van der Waals surface area (Å²) in [5.41, 5.74) is 7.76. The van der Waals surface area contributed by atoms with Crippen molar-refractivity contribution in [2.75, 3.05) is 18.8 Å². The van der Waals surface area contributed by atoms with Crippen molar-refractivity contribution in [2.24, 2.45) is 0 Å². The van der Waals surface area contributed by atoms with Crippen molar-refractivity contribution < 1.29 is 9.21 Å². The van der Waals surface area contributed by atoms with Gasteiger partial charge in [0.1, 0.15) is 6.26 Å². The topological polar surface area (TPSA) is 98.1 Å². The van der Waals surface area contributed by atoms with E-state index in [-0.39, 0.29) is 11.8 Å². The average molecular weight is 343 g/mol. The van der Waals surface area contributed by atoms with Gasteiger partial charge < -0.3 is 15.1 Å². The first kappa shape index (κ1) is 15.1. The van der Waals surface area contributed by atoms with Gasteiger partial charge in [0.15, 0.2) is 22.4 Å². The fraction of sp³-hybridized carbons (Fsp3) is 0.375. The molecule has 4 rings (SSSR count). The lowest BCUT2D eigenvalue weighted by Gasteiger charge is -2.32. The van der Waals surface area contributed by atoms with Crippen molar-refractivity contribution in [3.63, 3.8) is 0 Å². The predicted octanol–water partition coefficient (Wildman–Crippen LogP) is 2.59. The number of nitrogens with two attached hydrogens (primary N) is 1. The first-order valence-corrected chi connectivity index (χ1v) is 8.66. The van der Waals surface area contributed by atoms with Gasteiger partial charge in [-0.1, -0.05) is 11.3 Å². The molecule has 3 aromatic rings. The highest BCUT2D eigenvalue weighted by Gasteiger charge is 2.28. The highest BCUT2D eigenvalue weighted by Crippen LogP contribution is 2.29. The van der Waals surface area contributed by atoms with Crippen molar-refractivity contribution in [2.45, 2.75) is 25.7 Å². The Morgan fingerprint density at radius 1 is 1.38 bits per heavy atom. The molecule has 24 heavy (non-hydrogen) atoms. The molecule has 0 radical (unpaired) electrons. The number of carbonyl (C=O) groups excluding carboxylic acids is 1. The average Bonchev–Trinajstić information content (AvgIpc) is 3.18. The quantitative estimate of drug-likeness (QED) is 0.768. The standard InChI is InChI=1S/C16H17N5O2S/c1-9-18-12(8-23-9)15(22)21-6-2-3-10(7-21)11-4-5-13-14(19-11)20-16(17)24-13/h4-5,8,10H,2-3,6-7H2,1H3,(H2,17,19,20)/t10-/m0/s1. The number of oxazole rings is 1. The number of thiazole rings is 1. The number of piperidine rings is 1. The van der Waals surface area contributed by atoms with E-state index in [4.69, 9.17) is 10.2 Å². The second-order valence-electron chi connectivity index (χ2n) is 5.95. The maximum Gasteiger partial charge on any atom is 0.275 e. The molecular weight excluding hydrogens is 326 g/mol. The number of rotatable bonds is 2. The lowest BCUT2D eigenvalue weighted by Crippen LogP contribution is -2.39. The van der Waals surface area contributed by atoms with Gasteiger partial charge in [-0.2, -0.15) is 0 Å². The number of amides is 1. The van der Waals surface area contributed by atoms with E-state index in [1.165, 1.54) is 17.6 Å². The summed E-state index contributed by atoms with van der Waals surface area (Å²) in [4.78, 5) is 27.4. The molecule has 1 saturated heterocycles. The molecule has 1 atom stereocenters. The molecule has 0 aliphatic carbocycles. The summed E-state index contributed by atoms with van der Waals surface area (Å²) in [6.45, 7) is 3.09. The van der Waals surface area contributed by atoms with E-state index in [2.05, 4.69) is 15.0 Å². The minimum absolute atomic E-state index is 0.0875. The normalized spacial score (nSPS) is 18.2. The van der Waals surface area contributed by atoms with Crippen molar-refractivity contribution in [1.82, 2.24) is 19.9 Å². The number of aryl methyl sites for hydroxylation is 1. The van der Waals surface area contributed by atoms with Crippen molar-refractivity contribution in [3.8, 4) is 0 Å². The van der Waals surface area contributed by atoms with Crippen LogP contribution in [-0.2, 0) is 0 Å². The van der Waals surface area contributed by atoms with E-state index in [0.717, 1.165) is 29.8 Å². The van der Waals surface area contributed by atoms with Crippen molar-refractivity contribution >= 4 is 32.7 Å². The van der Waals surface area contributed by atoms with Crippen LogP contribution in [0.5, 0.6) is 0 Å². The van der Waals surface area contributed by atoms with Crippen LogP contribution >= 0.6 is 11.3 Å². The number of hydrogen-bond acceptors (Lipinski definition) is 7. The summed E-state index contributed by atoms with van der Waals surface area (Å²) in [7, 11) is 0. The van der Waals surface area contributed by atoms with Crippen molar-refractivity contribution in [3.05, 3.63) is 35.7 Å². The SMILES string of the molecule is Cc1nc(C(=O)N2CCC[C@H](c3ccc4sc(N)nc4n3)C2)co1. The van der Waals surface area contributed by atoms with Gasteiger partial charge in [0, 0.05) is 31.6 Å². The molecule has 7 nitrogen and oxygen atoms in total. The lowest BCUT2D eigenvalue weighted by atomic mass is 9.94. The van der Waals surface area contributed by atoms with E-state index in [0.29, 0.717) is 28.9 Å². The van der Waals surface area contributed by atoms with E-state index in [1.54, 1.807) is 6.92 Å². The zero-order valence-corrected chi connectivity index (χ0v) is 14.0. The van der Waals surface area contributed by atoms with Crippen LogP contribution in [0, 0.1) is 6.92 Å². The minimum atomic E-state index is -0.0875. The first-order chi connectivity index (χ1) is 11.6. The molecule has 0 unspecified atom stereocenters. The number of likely N-dealkylation sites (tertiary alicyclic amines) is 1. The Labute approximate surface area is 142 Å². The number of anilines is 1. The van der Waals surface area contributed by atoms with E-state index >= 15 is 0 Å². The second-order valence-corrected chi connectivity index (χ2v) is 7.01. The van der Waals surface area contributed by atoms with Gasteiger partial charge in [0.25, 0.3) is 5.91 Å². The number of aromatic nitrogens is 3. The third-order valence-electron chi connectivity index (χ3n) is 4.26. The number of carbonyl (C=O) groups is 1. The van der Waals surface area contributed by atoms with Crippen LogP contribution in [-0.4, -0.2) is 38.8 Å². The summed E-state index contributed by atoms with van der Waals surface area (Å²) in [6, 6.07) is 4.02. The van der Waals surface area contributed by atoms with E-state index in [1.807, 2.05) is 17.0 Å². The minimum Gasteiger partial charge on any atom is -0.448 e. The second kappa shape index (κ2) is 5.86. The highest BCUT2D eigenvalue weighted by atomic mass is 32.1. The summed E-state index contributed by atoms with van der Waals surface area (Å²) < 4.78 is 6.13. The number of hydrogen-bond donors (Lipinski definition) is 1. The van der Waals surface area contributed by atoms with Crippen LogP contribution < -0.4 is 5.73 Å². The lowest BCUT2D eigenvalue weighted by molar-refractivity contribution is 0.0700. The Morgan fingerprint density at radius 3 is 3.04 bits per heavy atom. The first-order valence-electron chi connectivity index (χ1n) is 7.84. The Hall–Kier alpha value is -2.48. The Kier molecular flexibility index (Phi) is 3.68. The van der Waals surface area contributed by atoms with E-state index in [9.17, 15) is 4.79 Å². The van der Waals surface area contributed by atoms with Crippen LogP contribution in [0.1, 0.15) is 40.8 Å². The van der Waals surface area contributed by atoms with Crippen molar-refractivity contribution in [1.29, 1.82) is 0 Å². The number of fused-ring (bicyclic) bond motifs is 1. The Bertz CT molecular complexity index is 903. The molecule has 2 N–H and O–H groups in total. The molecule has 3 aromatic heterocycles. The maximum absolute atomic E-state index is 12.6. The zero-order valence-electron chi connectivity index (χ0n) is 13.2. The Morgan fingerprint density at radius 2 is 2.25 bits per heavy atom. The number of pyridine rings is 1. The third kappa shape index (κ3) is 2.73. The molecule has 4 heterocycles. The summed E-state index contributed by atoms with van der Waals surface area (Å²) in [5.74, 6) is 0.610. The van der Waals surface area contributed by atoms with Gasteiger partial charge in [-0.15, -0.1) is 0 Å². The maximum atomic E-state index is 12.6. The zero-order chi connectivity index (χ0) is 16.7. The molecule has 0 aromatic carbocycles. The molecule has 124 valence electrons. The van der Waals surface area contributed by atoms with Gasteiger partial charge in [0.2, 0.25) is 0 Å². The summed E-state index contributed by atoms with van der Waals surface area (Å²) in [6.07, 6.45) is 3.36. The van der Waals surface area contributed by atoms with Gasteiger partial charge in [0.05, 0.1) is 4.70 Å². The van der Waals surface area contributed by atoms with Crippen LogP contribution in [0.2, 0.25) is 0 Å². The monoisotopic (exact) mass is 343 g/mol.